The van der Waals surface area contributed by atoms with Gasteiger partial charge in [0.15, 0.2) is 0 Å². The van der Waals surface area contributed by atoms with Crippen LogP contribution in [-0.4, -0.2) is 41.2 Å². The Kier molecular flexibility index (Phi) is 6.06. The molecule has 146 valence electrons. The van der Waals surface area contributed by atoms with Crippen molar-refractivity contribution in [2.75, 3.05) is 26.1 Å². The highest BCUT2D eigenvalue weighted by Gasteiger charge is 2.23. The SMILES string of the molecule is COCCn1c(C(C)N(C)C(=O)Nc2ccccc2)nc2ccccc2c1=O. The summed E-state index contributed by atoms with van der Waals surface area (Å²) in [6, 6.07) is 15.7. The van der Waals surface area contributed by atoms with Gasteiger partial charge < -0.3 is 15.0 Å². The van der Waals surface area contributed by atoms with E-state index in [0.29, 0.717) is 35.6 Å². The predicted molar refractivity (Wildman–Crippen MR) is 110 cm³/mol. The van der Waals surface area contributed by atoms with E-state index >= 15 is 0 Å². The number of methoxy groups -OCH3 is 1. The van der Waals surface area contributed by atoms with Gasteiger partial charge in [-0.2, -0.15) is 0 Å². The minimum absolute atomic E-state index is 0.138. The molecule has 0 aliphatic carbocycles. The molecule has 0 spiro atoms. The van der Waals surface area contributed by atoms with Crippen LogP contribution in [0, 0.1) is 0 Å². The maximum atomic E-state index is 13.0. The number of carbonyl (C=O) groups excluding carboxylic acids is 1. The maximum absolute atomic E-state index is 13.0. The topological polar surface area (TPSA) is 76.5 Å². The summed E-state index contributed by atoms with van der Waals surface area (Å²) in [5.41, 5.74) is 1.18. The third kappa shape index (κ3) is 4.04. The number of carbonyl (C=O) groups is 1. The molecule has 1 N–H and O–H groups in total. The number of urea groups is 1. The van der Waals surface area contributed by atoms with Crippen molar-refractivity contribution >= 4 is 22.6 Å². The highest BCUT2D eigenvalue weighted by molar-refractivity contribution is 5.89. The van der Waals surface area contributed by atoms with Gasteiger partial charge in [0.1, 0.15) is 5.82 Å². The Morgan fingerprint density at radius 1 is 1.18 bits per heavy atom. The van der Waals surface area contributed by atoms with Crippen LogP contribution >= 0.6 is 0 Å². The normalized spacial score (nSPS) is 12.0. The van der Waals surface area contributed by atoms with Gasteiger partial charge >= 0.3 is 6.03 Å². The van der Waals surface area contributed by atoms with Crippen molar-refractivity contribution in [1.29, 1.82) is 0 Å². The van der Waals surface area contributed by atoms with Crippen LogP contribution in [0.15, 0.2) is 59.4 Å². The van der Waals surface area contributed by atoms with E-state index in [-0.39, 0.29) is 11.6 Å². The number of nitrogens with one attached hydrogen (secondary N) is 1. The summed E-state index contributed by atoms with van der Waals surface area (Å²) in [6.07, 6.45) is 0. The number of fused-ring (bicyclic) bond motifs is 1. The Morgan fingerprint density at radius 3 is 2.57 bits per heavy atom. The average molecular weight is 380 g/mol. The Balaban J connectivity index is 1.95. The Morgan fingerprint density at radius 2 is 1.86 bits per heavy atom. The third-order valence-corrected chi connectivity index (χ3v) is 4.71. The van der Waals surface area contributed by atoms with Crippen molar-refractivity contribution in [3.63, 3.8) is 0 Å². The van der Waals surface area contributed by atoms with E-state index in [2.05, 4.69) is 10.3 Å². The van der Waals surface area contributed by atoms with Gasteiger partial charge in [-0.3, -0.25) is 9.36 Å². The predicted octanol–water partition coefficient (Wildman–Crippen LogP) is 3.27. The zero-order valence-electron chi connectivity index (χ0n) is 16.3. The second kappa shape index (κ2) is 8.67. The fourth-order valence-electron chi connectivity index (χ4n) is 2.99. The van der Waals surface area contributed by atoms with Gasteiger partial charge in [0.2, 0.25) is 0 Å². The number of para-hydroxylation sites is 2. The van der Waals surface area contributed by atoms with Crippen molar-refractivity contribution in [2.24, 2.45) is 0 Å². The van der Waals surface area contributed by atoms with E-state index in [1.807, 2.05) is 49.4 Å². The minimum atomic E-state index is -0.419. The molecule has 0 aliphatic rings. The molecular formula is C21H24N4O3. The zero-order valence-corrected chi connectivity index (χ0v) is 16.3. The number of aromatic nitrogens is 2. The number of benzene rings is 2. The second-order valence-electron chi connectivity index (χ2n) is 6.52. The van der Waals surface area contributed by atoms with E-state index < -0.39 is 6.04 Å². The molecule has 1 heterocycles. The van der Waals surface area contributed by atoms with Crippen molar-refractivity contribution in [1.82, 2.24) is 14.5 Å². The number of ether oxygens (including phenoxy) is 1. The van der Waals surface area contributed by atoms with Crippen LogP contribution in [0.5, 0.6) is 0 Å². The molecule has 1 aromatic heterocycles. The molecule has 2 aromatic carbocycles. The molecule has 3 rings (SSSR count). The monoisotopic (exact) mass is 380 g/mol. The van der Waals surface area contributed by atoms with E-state index in [1.54, 1.807) is 30.9 Å². The lowest BCUT2D eigenvalue weighted by molar-refractivity contribution is 0.180. The smallest absolute Gasteiger partial charge is 0.322 e. The number of rotatable bonds is 6. The number of hydrogen-bond acceptors (Lipinski definition) is 4. The first-order valence-electron chi connectivity index (χ1n) is 9.10. The Hall–Kier alpha value is -3.19. The van der Waals surface area contributed by atoms with E-state index in [9.17, 15) is 9.59 Å². The summed E-state index contributed by atoms with van der Waals surface area (Å²) >= 11 is 0. The first kappa shape index (κ1) is 19.6. The number of anilines is 1. The molecule has 3 aromatic rings. The van der Waals surface area contributed by atoms with Crippen LogP contribution in [0.1, 0.15) is 18.8 Å². The van der Waals surface area contributed by atoms with Gasteiger partial charge in [0.05, 0.1) is 30.1 Å². The molecular weight excluding hydrogens is 356 g/mol. The molecule has 0 saturated carbocycles. The molecule has 0 fully saturated rings. The van der Waals surface area contributed by atoms with Crippen molar-refractivity contribution in [3.05, 3.63) is 70.8 Å². The maximum Gasteiger partial charge on any atom is 0.322 e. The van der Waals surface area contributed by atoms with Crippen molar-refractivity contribution in [2.45, 2.75) is 19.5 Å². The number of nitrogens with zero attached hydrogens (tertiary/aromatic N) is 3. The molecule has 28 heavy (non-hydrogen) atoms. The molecule has 0 radical (unpaired) electrons. The van der Waals surface area contributed by atoms with Crippen LogP contribution in [0.4, 0.5) is 10.5 Å². The van der Waals surface area contributed by atoms with E-state index in [4.69, 9.17) is 4.74 Å². The summed E-state index contributed by atoms with van der Waals surface area (Å²) in [5, 5.41) is 3.40. The lowest BCUT2D eigenvalue weighted by atomic mass is 10.2. The van der Waals surface area contributed by atoms with Crippen molar-refractivity contribution < 1.29 is 9.53 Å². The fraction of sp³-hybridized carbons (Fsp3) is 0.286. The third-order valence-electron chi connectivity index (χ3n) is 4.71. The average Bonchev–Trinajstić information content (AvgIpc) is 2.72. The van der Waals surface area contributed by atoms with Crippen LogP contribution in [0.3, 0.4) is 0 Å². The van der Waals surface area contributed by atoms with Crippen LogP contribution in [-0.2, 0) is 11.3 Å². The zero-order chi connectivity index (χ0) is 20.1. The van der Waals surface area contributed by atoms with Gasteiger partial charge in [-0.05, 0) is 31.2 Å². The highest BCUT2D eigenvalue weighted by Crippen LogP contribution is 2.20. The Bertz CT molecular complexity index is 1020. The van der Waals surface area contributed by atoms with Gasteiger partial charge in [-0.1, -0.05) is 30.3 Å². The lowest BCUT2D eigenvalue weighted by Gasteiger charge is -2.27. The molecule has 1 unspecified atom stereocenters. The quantitative estimate of drug-likeness (QED) is 0.712. The van der Waals surface area contributed by atoms with Gasteiger partial charge in [-0.15, -0.1) is 0 Å². The van der Waals surface area contributed by atoms with Crippen LogP contribution in [0.25, 0.3) is 10.9 Å². The summed E-state index contributed by atoms with van der Waals surface area (Å²) in [4.78, 5) is 31.9. The molecule has 7 nitrogen and oxygen atoms in total. The summed E-state index contributed by atoms with van der Waals surface area (Å²) < 4.78 is 6.74. The largest absolute Gasteiger partial charge is 0.383 e. The molecule has 0 saturated heterocycles. The number of amides is 2. The van der Waals surface area contributed by atoms with Crippen LogP contribution < -0.4 is 10.9 Å². The van der Waals surface area contributed by atoms with Gasteiger partial charge in [-0.25, -0.2) is 9.78 Å². The van der Waals surface area contributed by atoms with E-state index in [0.717, 1.165) is 0 Å². The molecule has 0 bridgehead atoms. The summed E-state index contributed by atoms with van der Waals surface area (Å²) in [6.45, 7) is 2.59. The first-order chi connectivity index (χ1) is 13.5. The lowest BCUT2D eigenvalue weighted by Crippen LogP contribution is -2.38. The fourth-order valence-corrected chi connectivity index (χ4v) is 2.99. The summed E-state index contributed by atoms with van der Waals surface area (Å²) in [7, 11) is 3.27. The molecule has 2 amide bonds. The standard InChI is InChI=1S/C21H24N4O3/c1-15(24(2)21(27)22-16-9-5-4-6-10-16)19-23-18-12-8-7-11-17(18)20(26)25(19)13-14-28-3/h4-12,15H,13-14H2,1-3H3,(H,22,27). The molecule has 0 aliphatic heterocycles. The first-order valence-corrected chi connectivity index (χ1v) is 9.10. The van der Waals surface area contributed by atoms with Crippen molar-refractivity contribution in [3.8, 4) is 0 Å². The summed E-state index contributed by atoms with van der Waals surface area (Å²) in [5.74, 6) is 0.520. The number of hydrogen-bond donors (Lipinski definition) is 1. The second-order valence-corrected chi connectivity index (χ2v) is 6.52. The molecule has 1 atom stereocenters. The van der Waals surface area contributed by atoms with E-state index in [1.165, 1.54) is 4.90 Å². The van der Waals surface area contributed by atoms with Gasteiger partial charge in [0.25, 0.3) is 5.56 Å². The van der Waals surface area contributed by atoms with Crippen LogP contribution in [0.2, 0.25) is 0 Å². The minimum Gasteiger partial charge on any atom is -0.383 e. The Labute approximate surface area is 163 Å². The molecule has 7 heteroatoms. The highest BCUT2D eigenvalue weighted by atomic mass is 16.5. The van der Waals surface area contributed by atoms with Gasteiger partial charge in [0, 0.05) is 19.8 Å².